The Bertz CT molecular complexity index is 523. The normalized spacial score (nSPS) is 22.5. The molecule has 2 unspecified atom stereocenters. The molecule has 0 N–H and O–H groups in total. The molecule has 0 aromatic heterocycles. The number of rotatable bonds is 4. The fraction of sp³-hybridized carbons (Fsp3) is 0.846. The van der Waals surface area contributed by atoms with Crippen molar-refractivity contribution in [2.24, 2.45) is 0 Å². The first-order valence-electron chi connectivity index (χ1n) is 6.97. The first-order valence-corrected chi connectivity index (χ1v) is 8.79. The summed E-state index contributed by atoms with van der Waals surface area (Å²) in [5.41, 5.74) is -0.730. The molecular formula is C13H23NO7S. The SMILES string of the molecule is CCOC(=O)C1CC(OS(C)(=O)=O)CN1C(=O)OC(C)(C)C. The average Bonchev–Trinajstić information content (AvgIpc) is 2.68. The molecule has 1 aliphatic rings. The number of carbonyl (C=O) groups is 2. The van der Waals surface area contributed by atoms with E-state index in [1.165, 1.54) is 0 Å². The van der Waals surface area contributed by atoms with Gasteiger partial charge in [0.15, 0.2) is 0 Å². The van der Waals surface area contributed by atoms with Gasteiger partial charge in [-0.25, -0.2) is 9.59 Å². The Balaban J connectivity index is 2.89. The summed E-state index contributed by atoms with van der Waals surface area (Å²) in [7, 11) is -3.68. The largest absolute Gasteiger partial charge is 0.464 e. The predicted octanol–water partition coefficient (Wildman–Crippen LogP) is 0.904. The van der Waals surface area contributed by atoms with Crippen molar-refractivity contribution in [3.63, 3.8) is 0 Å². The third-order valence-electron chi connectivity index (χ3n) is 2.76. The van der Waals surface area contributed by atoms with Crippen molar-refractivity contribution in [2.45, 2.75) is 51.9 Å². The standard InChI is InChI=1S/C13H23NO7S/c1-6-19-11(15)10-7-9(21-22(5,17)18)8-14(10)12(16)20-13(2,3)4/h9-10H,6-8H2,1-5H3. The maximum Gasteiger partial charge on any atom is 0.411 e. The molecule has 1 aliphatic heterocycles. The molecule has 128 valence electrons. The lowest BCUT2D eigenvalue weighted by Gasteiger charge is -2.27. The van der Waals surface area contributed by atoms with Gasteiger partial charge in [-0.3, -0.25) is 9.08 Å². The van der Waals surface area contributed by atoms with Gasteiger partial charge in [-0.2, -0.15) is 8.42 Å². The van der Waals surface area contributed by atoms with Crippen LogP contribution in [0.25, 0.3) is 0 Å². The van der Waals surface area contributed by atoms with Gasteiger partial charge in [-0.05, 0) is 27.7 Å². The number of esters is 1. The molecule has 1 heterocycles. The van der Waals surface area contributed by atoms with Gasteiger partial charge < -0.3 is 9.47 Å². The van der Waals surface area contributed by atoms with Gasteiger partial charge in [0.1, 0.15) is 11.6 Å². The first-order chi connectivity index (χ1) is 9.93. The zero-order chi connectivity index (χ0) is 17.1. The molecule has 1 rings (SSSR count). The van der Waals surface area contributed by atoms with Crippen LogP contribution in [0.15, 0.2) is 0 Å². The lowest BCUT2D eigenvalue weighted by molar-refractivity contribution is -0.148. The lowest BCUT2D eigenvalue weighted by atomic mass is 10.2. The highest BCUT2D eigenvalue weighted by Gasteiger charge is 2.43. The van der Waals surface area contributed by atoms with E-state index in [1.807, 2.05) is 0 Å². The maximum atomic E-state index is 12.2. The van der Waals surface area contributed by atoms with Crippen molar-refractivity contribution < 1.29 is 31.7 Å². The van der Waals surface area contributed by atoms with Gasteiger partial charge >= 0.3 is 12.1 Å². The Morgan fingerprint density at radius 3 is 2.32 bits per heavy atom. The monoisotopic (exact) mass is 337 g/mol. The highest BCUT2D eigenvalue weighted by molar-refractivity contribution is 7.86. The highest BCUT2D eigenvalue weighted by Crippen LogP contribution is 2.25. The van der Waals surface area contributed by atoms with E-state index in [0.717, 1.165) is 11.2 Å². The quantitative estimate of drug-likeness (QED) is 0.555. The molecule has 1 amide bonds. The van der Waals surface area contributed by atoms with Gasteiger partial charge in [0.05, 0.1) is 25.5 Å². The Morgan fingerprint density at radius 1 is 1.27 bits per heavy atom. The minimum Gasteiger partial charge on any atom is -0.464 e. The van der Waals surface area contributed by atoms with Crippen LogP contribution in [0, 0.1) is 0 Å². The zero-order valence-electron chi connectivity index (χ0n) is 13.5. The third-order valence-corrected chi connectivity index (χ3v) is 3.38. The molecule has 9 heteroatoms. The average molecular weight is 337 g/mol. The van der Waals surface area contributed by atoms with Crippen molar-refractivity contribution in [1.82, 2.24) is 4.90 Å². The van der Waals surface area contributed by atoms with Crippen LogP contribution in [0.1, 0.15) is 34.1 Å². The van der Waals surface area contributed by atoms with E-state index < -0.39 is 39.9 Å². The van der Waals surface area contributed by atoms with Crippen LogP contribution in [0.2, 0.25) is 0 Å². The molecule has 0 aromatic rings. The first kappa shape index (κ1) is 18.7. The van der Waals surface area contributed by atoms with Gasteiger partial charge in [0.25, 0.3) is 10.1 Å². The predicted molar refractivity (Wildman–Crippen MR) is 77.7 cm³/mol. The number of nitrogens with zero attached hydrogens (tertiary/aromatic N) is 1. The summed E-state index contributed by atoms with van der Waals surface area (Å²) in [4.78, 5) is 25.3. The topological polar surface area (TPSA) is 99.2 Å². The highest BCUT2D eigenvalue weighted by atomic mass is 32.2. The lowest BCUT2D eigenvalue weighted by Crippen LogP contribution is -2.44. The molecule has 1 saturated heterocycles. The number of ether oxygens (including phenoxy) is 2. The molecule has 8 nitrogen and oxygen atoms in total. The Hall–Kier alpha value is -1.35. The zero-order valence-corrected chi connectivity index (χ0v) is 14.3. The van der Waals surface area contributed by atoms with Crippen LogP contribution in [-0.2, 0) is 28.6 Å². The van der Waals surface area contributed by atoms with Crippen LogP contribution in [0.5, 0.6) is 0 Å². The fourth-order valence-electron chi connectivity index (χ4n) is 2.10. The van der Waals surface area contributed by atoms with E-state index in [-0.39, 0.29) is 19.6 Å². The van der Waals surface area contributed by atoms with E-state index in [1.54, 1.807) is 27.7 Å². The number of hydrogen-bond acceptors (Lipinski definition) is 7. The van der Waals surface area contributed by atoms with Crippen LogP contribution in [0.3, 0.4) is 0 Å². The summed E-state index contributed by atoms with van der Waals surface area (Å²) >= 11 is 0. The summed E-state index contributed by atoms with van der Waals surface area (Å²) in [6.45, 7) is 6.86. The molecule has 0 radical (unpaired) electrons. The molecule has 0 aliphatic carbocycles. The Morgan fingerprint density at radius 2 is 1.86 bits per heavy atom. The number of amides is 1. The van der Waals surface area contributed by atoms with Crippen molar-refractivity contribution in [2.75, 3.05) is 19.4 Å². The van der Waals surface area contributed by atoms with E-state index in [9.17, 15) is 18.0 Å². The molecule has 0 spiro atoms. The van der Waals surface area contributed by atoms with Crippen LogP contribution in [0.4, 0.5) is 4.79 Å². The molecule has 0 bridgehead atoms. The maximum absolute atomic E-state index is 12.2. The fourth-order valence-corrected chi connectivity index (χ4v) is 2.73. The Labute approximate surface area is 130 Å². The second-order valence-electron chi connectivity index (χ2n) is 6.06. The van der Waals surface area contributed by atoms with Gasteiger partial charge in [-0.1, -0.05) is 0 Å². The van der Waals surface area contributed by atoms with E-state index in [4.69, 9.17) is 13.7 Å². The van der Waals surface area contributed by atoms with Crippen molar-refractivity contribution in [3.05, 3.63) is 0 Å². The summed E-state index contributed by atoms with van der Waals surface area (Å²) in [6.07, 6.45) is -0.532. The summed E-state index contributed by atoms with van der Waals surface area (Å²) < 4.78 is 37.5. The summed E-state index contributed by atoms with van der Waals surface area (Å²) in [6, 6.07) is -0.915. The molecule has 0 aromatic carbocycles. The number of likely N-dealkylation sites (tertiary alicyclic amines) is 1. The third kappa shape index (κ3) is 5.80. The number of hydrogen-bond donors (Lipinski definition) is 0. The molecule has 22 heavy (non-hydrogen) atoms. The number of carbonyl (C=O) groups excluding carboxylic acids is 2. The minimum atomic E-state index is -3.68. The molecule has 0 saturated carbocycles. The van der Waals surface area contributed by atoms with Crippen LogP contribution >= 0.6 is 0 Å². The van der Waals surface area contributed by atoms with Crippen molar-refractivity contribution >= 4 is 22.2 Å². The second-order valence-corrected chi connectivity index (χ2v) is 7.66. The summed E-state index contributed by atoms with van der Waals surface area (Å²) in [5, 5.41) is 0. The molecule has 2 atom stereocenters. The smallest absolute Gasteiger partial charge is 0.411 e. The van der Waals surface area contributed by atoms with Gasteiger partial charge in [0.2, 0.25) is 0 Å². The van der Waals surface area contributed by atoms with Crippen LogP contribution < -0.4 is 0 Å². The molecular weight excluding hydrogens is 314 g/mol. The van der Waals surface area contributed by atoms with Crippen molar-refractivity contribution in [1.29, 1.82) is 0 Å². The van der Waals surface area contributed by atoms with Gasteiger partial charge in [-0.15, -0.1) is 0 Å². The van der Waals surface area contributed by atoms with E-state index >= 15 is 0 Å². The minimum absolute atomic E-state index is 0.0468. The molecule has 1 fully saturated rings. The Kier molecular flexibility index (Phi) is 5.80. The van der Waals surface area contributed by atoms with Crippen LogP contribution in [-0.4, -0.2) is 62.5 Å². The van der Waals surface area contributed by atoms with Crippen molar-refractivity contribution in [3.8, 4) is 0 Å². The second kappa shape index (κ2) is 6.82. The van der Waals surface area contributed by atoms with Gasteiger partial charge in [0, 0.05) is 6.42 Å². The van der Waals surface area contributed by atoms with E-state index in [2.05, 4.69) is 0 Å². The summed E-state index contributed by atoms with van der Waals surface area (Å²) in [5.74, 6) is -0.604. The van der Waals surface area contributed by atoms with E-state index in [0.29, 0.717) is 0 Å².